The summed E-state index contributed by atoms with van der Waals surface area (Å²) < 4.78 is 15.6. The van der Waals surface area contributed by atoms with Crippen molar-refractivity contribution in [2.75, 3.05) is 50.3 Å². The lowest BCUT2D eigenvalue weighted by Crippen LogP contribution is -2.35. The second-order valence-corrected chi connectivity index (χ2v) is 10.7. The molecule has 42 heavy (non-hydrogen) atoms. The van der Waals surface area contributed by atoms with Gasteiger partial charge in [-0.05, 0) is 54.3 Å². The first-order valence-corrected chi connectivity index (χ1v) is 14.2. The molecule has 0 saturated carbocycles. The summed E-state index contributed by atoms with van der Waals surface area (Å²) in [6.45, 7) is 2.19. The Kier molecular flexibility index (Phi) is 8.77. The van der Waals surface area contributed by atoms with Crippen LogP contribution < -0.4 is 25.0 Å². The van der Waals surface area contributed by atoms with Crippen LogP contribution in [0, 0.1) is 0 Å². The van der Waals surface area contributed by atoms with E-state index >= 15 is 0 Å². The van der Waals surface area contributed by atoms with Crippen LogP contribution >= 0.6 is 11.3 Å². The molecule has 0 spiro atoms. The fourth-order valence-electron chi connectivity index (χ4n) is 4.92. The van der Waals surface area contributed by atoms with Crippen LogP contribution in [0.5, 0.6) is 11.5 Å². The van der Waals surface area contributed by atoms with Gasteiger partial charge in [-0.15, -0.1) is 11.3 Å². The van der Waals surface area contributed by atoms with Crippen LogP contribution in [0.4, 0.5) is 16.2 Å². The van der Waals surface area contributed by atoms with E-state index in [9.17, 15) is 24.3 Å². The third-order valence-corrected chi connectivity index (χ3v) is 7.98. The second-order valence-electron chi connectivity index (χ2n) is 9.69. The van der Waals surface area contributed by atoms with Gasteiger partial charge in [-0.1, -0.05) is 6.07 Å². The Morgan fingerprint density at radius 2 is 1.81 bits per heavy atom. The Labute approximate surface area is 245 Å². The van der Waals surface area contributed by atoms with Gasteiger partial charge in [-0.3, -0.25) is 19.7 Å². The maximum atomic E-state index is 13.3. The van der Waals surface area contributed by atoms with Gasteiger partial charge in [-0.2, -0.15) is 0 Å². The molecule has 0 aliphatic carbocycles. The first-order valence-electron chi connectivity index (χ1n) is 13.3. The summed E-state index contributed by atoms with van der Waals surface area (Å²) in [4.78, 5) is 54.6. The molecule has 5 rings (SSSR count). The van der Waals surface area contributed by atoms with Crippen molar-refractivity contribution in [1.29, 1.82) is 0 Å². The topological polar surface area (TPSA) is 147 Å². The van der Waals surface area contributed by atoms with Gasteiger partial charge < -0.3 is 34.4 Å². The Bertz CT molecular complexity index is 1480. The van der Waals surface area contributed by atoms with Crippen LogP contribution in [0.3, 0.4) is 0 Å². The van der Waals surface area contributed by atoms with E-state index in [0.29, 0.717) is 61.0 Å². The number of nitrogens with zero attached hydrogens (tertiary/aromatic N) is 2. The van der Waals surface area contributed by atoms with Crippen molar-refractivity contribution in [3.05, 3.63) is 69.9 Å². The predicted octanol–water partition coefficient (Wildman–Crippen LogP) is 3.95. The number of hydrogen-bond donors (Lipinski definition) is 3. The summed E-state index contributed by atoms with van der Waals surface area (Å²) >= 11 is 1.36. The highest BCUT2D eigenvalue weighted by Crippen LogP contribution is 2.33. The molecule has 3 aromatic rings. The average molecular weight is 595 g/mol. The molecular weight excluding hydrogens is 564 g/mol. The zero-order valence-electron chi connectivity index (χ0n) is 22.8. The summed E-state index contributed by atoms with van der Waals surface area (Å²) in [7, 11) is 1.24. The Balaban J connectivity index is 1.32. The van der Waals surface area contributed by atoms with Crippen molar-refractivity contribution in [2.45, 2.75) is 18.9 Å². The summed E-state index contributed by atoms with van der Waals surface area (Å²) in [5.41, 5.74) is 1.78. The molecule has 1 fully saturated rings. The summed E-state index contributed by atoms with van der Waals surface area (Å²) in [6.07, 6.45) is -0.300. The molecule has 2 aliphatic heterocycles. The lowest BCUT2D eigenvalue weighted by atomic mass is 10.1. The van der Waals surface area contributed by atoms with Crippen LogP contribution in [0.1, 0.15) is 44.5 Å². The number of aliphatic carboxylic acids is 1. The molecule has 0 radical (unpaired) electrons. The number of hydrogen-bond acceptors (Lipinski definition) is 9. The zero-order chi connectivity index (χ0) is 29.6. The Hall–Kier alpha value is -4.78. The van der Waals surface area contributed by atoms with Gasteiger partial charge >= 0.3 is 12.1 Å². The number of rotatable bonds is 8. The molecular formula is C29H30N4O8S. The molecule has 2 aromatic carbocycles. The minimum Gasteiger partial charge on any atom is -0.481 e. The number of thiophene rings is 1. The molecule has 1 unspecified atom stereocenters. The first-order chi connectivity index (χ1) is 20.3. The van der Waals surface area contributed by atoms with Gasteiger partial charge in [0.05, 0.1) is 30.9 Å². The fraction of sp³-hybridized carbons (Fsp3) is 0.310. The van der Waals surface area contributed by atoms with Crippen molar-refractivity contribution >= 4 is 46.6 Å². The number of carboxylic acid groups (broad SMARTS) is 1. The van der Waals surface area contributed by atoms with Crippen molar-refractivity contribution in [1.82, 2.24) is 10.2 Å². The molecule has 3 N–H and O–H groups in total. The Morgan fingerprint density at radius 1 is 1.00 bits per heavy atom. The van der Waals surface area contributed by atoms with Crippen LogP contribution in [0.2, 0.25) is 0 Å². The average Bonchev–Trinajstić information content (AvgIpc) is 3.64. The van der Waals surface area contributed by atoms with Crippen molar-refractivity contribution in [3.8, 4) is 11.5 Å². The van der Waals surface area contributed by atoms with E-state index < -0.39 is 24.0 Å². The molecule has 0 bridgehead atoms. The number of fused-ring (bicyclic) bond motifs is 1. The minimum absolute atomic E-state index is 0.114. The van der Waals surface area contributed by atoms with E-state index in [2.05, 4.69) is 10.6 Å². The van der Waals surface area contributed by atoms with Gasteiger partial charge in [0, 0.05) is 42.2 Å². The molecule has 12 nitrogen and oxygen atoms in total. The molecule has 3 amide bonds. The minimum atomic E-state index is -1.04. The number of nitrogens with one attached hydrogen (secondary N) is 2. The predicted molar refractivity (Wildman–Crippen MR) is 155 cm³/mol. The normalized spacial score (nSPS) is 15.0. The van der Waals surface area contributed by atoms with E-state index in [1.165, 1.54) is 24.5 Å². The van der Waals surface area contributed by atoms with Crippen LogP contribution in [-0.4, -0.2) is 74.0 Å². The quantitative estimate of drug-likeness (QED) is 0.353. The standard InChI is InChI=1S/C29H30N4O8S/c1-39-29(38)31-20-14-18(27(36)30-21(16-26(34)35)25-4-2-13-42-25)5-7-22(20)32-9-3-10-33(12-11-32)28(37)19-6-8-23-24(15-19)41-17-40-23/h2,4-8,13-15,21H,3,9-12,16-17H2,1H3,(H,30,36)(H,31,38)(H,34,35). The number of methoxy groups -OCH3 is 1. The van der Waals surface area contributed by atoms with Crippen LogP contribution in [-0.2, 0) is 9.53 Å². The van der Waals surface area contributed by atoms with Gasteiger partial charge in [0.15, 0.2) is 11.5 Å². The third kappa shape index (κ3) is 6.57. The summed E-state index contributed by atoms with van der Waals surface area (Å²) in [5, 5.41) is 16.6. The lowest BCUT2D eigenvalue weighted by molar-refractivity contribution is -0.137. The molecule has 1 atom stereocenters. The van der Waals surface area contributed by atoms with Crippen LogP contribution in [0.15, 0.2) is 53.9 Å². The highest BCUT2D eigenvalue weighted by atomic mass is 32.1. The van der Waals surface area contributed by atoms with Gasteiger partial charge in [0.1, 0.15) is 0 Å². The number of carbonyl (C=O) groups is 4. The summed E-state index contributed by atoms with van der Waals surface area (Å²) in [6, 6.07) is 12.9. The highest BCUT2D eigenvalue weighted by Gasteiger charge is 2.25. The van der Waals surface area contributed by atoms with Crippen molar-refractivity contribution < 1.29 is 38.5 Å². The first kappa shape index (κ1) is 28.7. The van der Waals surface area contributed by atoms with E-state index in [0.717, 1.165) is 4.88 Å². The van der Waals surface area contributed by atoms with Gasteiger partial charge in [0.2, 0.25) is 6.79 Å². The van der Waals surface area contributed by atoms with Gasteiger partial charge in [-0.25, -0.2) is 4.79 Å². The van der Waals surface area contributed by atoms with Gasteiger partial charge in [0.25, 0.3) is 11.8 Å². The maximum Gasteiger partial charge on any atom is 0.411 e. The van der Waals surface area contributed by atoms with Crippen molar-refractivity contribution in [3.63, 3.8) is 0 Å². The number of carbonyl (C=O) groups excluding carboxylic acids is 3. The van der Waals surface area contributed by atoms with E-state index in [1.807, 2.05) is 10.3 Å². The van der Waals surface area contributed by atoms with E-state index in [-0.39, 0.29) is 24.7 Å². The third-order valence-electron chi connectivity index (χ3n) is 6.99. The summed E-state index contributed by atoms with van der Waals surface area (Å²) in [5.74, 6) is -0.476. The largest absolute Gasteiger partial charge is 0.481 e. The number of benzene rings is 2. The lowest BCUT2D eigenvalue weighted by Gasteiger charge is -2.26. The smallest absolute Gasteiger partial charge is 0.411 e. The van der Waals surface area contributed by atoms with Crippen molar-refractivity contribution in [2.24, 2.45) is 0 Å². The number of ether oxygens (including phenoxy) is 3. The number of amides is 3. The molecule has 220 valence electrons. The Morgan fingerprint density at radius 3 is 2.57 bits per heavy atom. The fourth-order valence-corrected chi connectivity index (χ4v) is 5.69. The number of anilines is 2. The molecule has 1 saturated heterocycles. The molecule has 3 heterocycles. The monoisotopic (exact) mass is 594 g/mol. The molecule has 1 aromatic heterocycles. The van der Waals surface area contributed by atoms with E-state index in [4.69, 9.17) is 14.2 Å². The zero-order valence-corrected chi connectivity index (χ0v) is 23.6. The van der Waals surface area contributed by atoms with Crippen LogP contribution in [0.25, 0.3) is 0 Å². The maximum absolute atomic E-state index is 13.3. The molecule has 2 aliphatic rings. The SMILES string of the molecule is COC(=O)Nc1cc(C(=O)NC(CC(=O)O)c2cccs2)ccc1N1CCCN(C(=O)c2ccc3c(c2)OCO3)CC1. The molecule has 13 heteroatoms. The number of carboxylic acids is 1. The second kappa shape index (κ2) is 12.8. The van der Waals surface area contributed by atoms with E-state index in [1.54, 1.807) is 47.4 Å². The highest BCUT2D eigenvalue weighted by molar-refractivity contribution is 7.10.